The quantitative estimate of drug-likeness (QED) is 0.879. The molecule has 1 atom stereocenters. The number of alkyl halides is 3. The summed E-state index contributed by atoms with van der Waals surface area (Å²) in [5.41, 5.74) is 11.2. The Morgan fingerprint density at radius 2 is 1.88 bits per heavy atom. The molecule has 0 unspecified atom stereocenters. The summed E-state index contributed by atoms with van der Waals surface area (Å²) in [7, 11) is 0. The Kier molecular flexibility index (Phi) is 4.34. The summed E-state index contributed by atoms with van der Waals surface area (Å²) in [4.78, 5) is 21.9. The zero-order chi connectivity index (χ0) is 18.2. The molecule has 6 nitrogen and oxygen atoms in total. The zero-order valence-electron chi connectivity index (χ0n) is 13.1. The lowest BCUT2D eigenvalue weighted by molar-refractivity contribution is -0.137. The summed E-state index contributed by atoms with van der Waals surface area (Å²) in [5.74, 6) is -0.445. The van der Waals surface area contributed by atoms with Crippen molar-refractivity contribution in [1.29, 1.82) is 0 Å². The smallest absolute Gasteiger partial charge is 0.364 e. The average Bonchev–Trinajstić information content (AvgIpc) is 3.00. The van der Waals surface area contributed by atoms with Crippen molar-refractivity contribution in [1.82, 2.24) is 9.97 Å². The first kappa shape index (κ1) is 17.2. The number of nitrogens with two attached hydrogens (primary N) is 2. The van der Waals surface area contributed by atoms with E-state index >= 15 is 0 Å². The maximum Gasteiger partial charge on any atom is 0.416 e. The molecule has 0 saturated carbocycles. The lowest BCUT2D eigenvalue weighted by Crippen LogP contribution is -2.28. The molecule has 0 bridgehead atoms. The molecule has 9 heteroatoms. The van der Waals surface area contributed by atoms with Crippen LogP contribution in [-0.4, -0.2) is 35.0 Å². The molecule has 2 heterocycles. The lowest BCUT2D eigenvalue weighted by atomic mass is 10.1. The minimum Gasteiger partial charge on any atom is -0.364 e. The molecular weight excluding hydrogens is 335 g/mol. The van der Waals surface area contributed by atoms with Crippen molar-refractivity contribution in [3.8, 4) is 11.3 Å². The molecule has 4 N–H and O–H groups in total. The van der Waals surface area contributed by atoms with Crippen LogP contribution in [0.4, 0.5) is 19.1 Å². The fourth-order valence-corrected chi connectivity index (χ4v) is 2.65. The monoisotopic (exact) mass is 351 g/mol. The van der Waals surface area contributed by atoms with Gasteiger partial charge in [-0.05, 0) is 24.6 Å². The van der Waals surface area contributed by atoms with Crippen LogP contribution in [0.1, 0.15) is 22.5 Å². The number of aromatic nitrogens is 2. The number of halogens is 3. The Morgan fingerprint density at radius 1 is 1.20 bits per heavy atom. The van der Waals surface area contributed by atoms with E-state index in [-0.39, 0.29) is 11.7 Å². The lowest BCUT2D eigenvalue weighted by Gasteiger charge is -2.17. The van der Waals surface area contributed by atoms with Crippen molar-refractivity contribution in [3.05, 3.63) is 41.6 Å². The van der Waals surface area contributed by atoms with Gasteiger partial charge >= 0.3 is 6.18 Å². The Labute approximate surface area is 141 Å². The highest BCUT2D eigenvalue weighted by atomic mass is 19.4. The van der Waals surface area contributed by atoms with Crippen LogP contribution in [0.3, 0.4) is 0 Å². The fraction of sp³-hybridized carbons (Fsp3) is 0.312. The Hall–Kier alpha value is -2.68. The van der Waals surface area contributed by atoms with E-state index in [1.807, 2.05) is 4.90 Å². The first-order valence-electron chi connectivity index (χ1n) is 7.61. The third-order valence-electron chi connectivity index (χ3n) is 3.98. The van der Waals surface area contributed by atoms with Crippen LogP contribution in [0.2, 0.25) is 0 Å². The minimum absolute atomic E-state index is 0.000342. The highest BCUT2D eigenvalue weighted by Gasteiger charge is 2.30. The van der Waals surface area contributed by atoms with E-state index in [0.717, 1.165) is 18.6 Å². The van der Waals surface area contributed by atoms with Gasteiger partial charge in [-0.25, -0.2) is 9.97 Å². The van der Waals surface area contributed by atoms with Gasteiger partial charge in [0, 0.05) is 24.7 Å². The van der Waals surface area contributed by atoms with Gasteiger partial charge in [0.2, 0.25) is 5.95 Å². The Bertz CT molecular complexity index is 791. The van der Waals surface area contributed by atoms with Crippen molar-refractivity contribution < 1.29 is 18.0 Å². The maximum atomic E-state index is 12.7. The topological polar surface area (TPSA) is 98.1 Å². The van der Waals surface area contributed by atoms with E-state index < -0.39 is 17.6 Å². The van der Waals surface area contributed by atoms with Crippen LogP contribution in [0.5, 0.6) is 0 Å². The van der Waals surface area contributed by atoms with Gasteiger partial charge in [0.15, 0.2) is 0 Å². The molecule has 1 aromatic carbocycles. The van der Waals surface area contributed by atoms with Crippen LogP contribution < -0.4 is 16.4 Å². The van der Waals surface area contributed by atoms with Crippen molar-refractivity contribution in [2.75, 3.05) is 18.0 Å². The number of benzene rings is 1. The van der Waals surface area contributed by atoms with Crippen LogP contribution in [0.25, 0.3) is 11.3 Å². The van der Waals surface area contributed by atoms with Crippen molar-refractivity contribution in [2.45, 2.75) is 18.6 Å². The summed E-state index contributed by atoms with van der Waals surface area (Å²) in [6.45, 7) is 1.17. The number of anilines is 1. The van der Waals surface area contributed by atoms with E-state index in [1.54, 1.807) is 0 Å². The highest BCUT2D eigenvalue weighted by molar-refractivity contribution is 5.92. The second-order valence-corrected chi connectivity index (χ2v) is 5.87. The SMILES string of the molecule is NC(=O)c1cc(-c2ccc(C(F)(F)F)cc2)nc(N2CC[C@@H](N)C2)n1. The highest BCUT2D eigenvalue weighted by Crippen LogP contribution is 2.31. The molecule has 25 heavy (non-hydrogen) atoms. The van der Waals surface area contributed by atoms with Gasteiger partial charge < -0.3 is 16.4 Å². The molecular formula is C16H16F3N5O. The van der Waals surface area contributed by atoms with Gasteiger partial charge in [0.25, 0.3) is 5.91 Å². The zero-order valence-corrected chi connectivity index (χ0v) is 13.1. The third kappa shape index (κ3) is 3.71. The second-order valence-electron chi connectivity index (χ2n) is 5.87. The summed E-state index contributed by atoms with van der Waals surface area (Å²) >= 11 is 0. The third-order valence-corrected chi connectivity index (χ3v) is 3.98. The van der Waals surface area contributed by atoms with Crippen molar-refractivity contribution >= 4 is 11.9 Å². The predicted octanol–water partition coefficient (Wildman–Crippen LogP) is 1.80. The van der Waals surface area contributed by atoms with Crippen LogP contribution in [-0.2, 0) is 6.18 Å². The molecule has 1 fully saturated rings. The van der Waals surface area contributed by atoms with E-state index in [0.29, 0.717) is 30.3 Å². The Balaban J connectivity index is 2.00. The van der Waals surface area contributed by atoms with Gasteiger partial charge in [0.1, 0.15) is 5.69 Å². The number of hydrogen-bond donors (Lipinski definition) is 2. The molecule has 0 radical (unpaired) electrons. The standard InChI is InChI=1S/C16H16F3N5O/c17-16(18,19)10-3-1-9(2-4-10)12-7-13(14(21)25)23-15(22-12)24-6-5-11(20)8-24/h1-4,7,11H,5-6,8,20H2,(H2,21,25)/t11-/m1/s1. The molecule has 132 valence electrons. The van der Waals surface area contributed by atoms with Gasteiger partial charge in [-0.15, -0.1) is 0 Å². The van der Waals surface area contributed by atoms with Crippen LogP contribution in [0, 0.1) is 0 Å². The van der Waals surface area contributed by atoms with Crippen molar-refractivity contribution in [3.63, 3.8) is 0 Å². The fourth-order valence-electron chi connectivity index (χ4n) is 2.65. The molecule has 1 aromatic heterocycles. The van der Waals surface area contributed by atoms with Gasteiger partial charge in [-0.1, -0.05) is 12.1 Å². The summed E-state index contributed by atoms with van der Waals surface area (Å²) < 4.78 is 38.1. The molecule has 0 aliphatic carbocycles. The first-order chi connectivity index (χ1) is 11.7. The minimum atomic E-state index is -4.42. The number of carbonyl (C=O) groups is 1. The van der Waals surface area contributed by atoms with Gasteiger partial charge in [-0.3, -0.25) is 4.79 Å². The maximum absolute atomic E-state index is 12.7. The number of primary amides is 1. The summed E-state index contributed by atoms with van der Waals surface area (Å²) in [6.07, 6.45) is -3.65. The van der Waals surface area contributed by atoms with Crippen molar-refractivity contribution in [2.24, 2.45) is 11.5 Å². The average molecular weight is 351 g/mol. The number of amides is 1. The molecule has 1 saturated heterocycles. The van der Waals surface area contributed by atoms with Crippen LogP contribution >= 0.6 is 0 Å². The number of nitrogens with zero attached hydrogens (tertiary/aromatic N) is 3. The molecule has 1 aliphatic heterocycles. The van der Waals surface area contributed by atoms with E-state index in [9.17, 15) is 18.0 Å². The number of hydrogen-bond acceptors (Lipinski definition) is 5. The van der Waals surface area contributed by atoms with Gasteiger partial charge in [0.05, 0.1) is 11.3 Å². The van der Waals surface area contributed by atoms with E-state index in [4.69, 9.17) is 11.5 Å². The Morgan fingerprint density at radius 3 is 2.40 bits per heavy atom. The van der Waals surface area contributed by atoms with Gasteiger partial charge in [-0.2, -0.15) is 13.2 Å². The summed E-state index contributed by atoms with van der Waals surface area (Å²) in [6, 6.07) is 5.88. The van der Waals surface area contributed by atoms with E-state index in [2.05, 4.69) is 9.97 Å². The second kappa shape index (κ2) is 6.32. The molecule has 1 aliphatic rings. The largest absolute Gasteiger partial charge is 0.416 e. The first-order valence-corrected chi connectivity index (χ1v) is 7.61. The predicted molar refractivity (Wildman–Crippen MR) is 85.8 cm³/mol. The number of carbonyl (C=O) groups excluding carboxylic acids is 1. The van der Waals surface area contributed by atoms with Crippen LogP contribution in [0.15, 0.2) is 30.3 Å². The molecule has 1 amide bonds. The normalized spacial score (nSPS) is 17.8. The molecule has 3 rings (SSSR count). The van der Waals surface area contributed by atoms with E-state index in [1.165, 1.54) is 18.2 Å². The molecule has 2 aromatic rings. The summed E-state index contributed by atoms with van der Waals surface area (Å²) in [5, 5.41) is 0. The molecule has 0 spiro atoms. The number of rotatable bonds is 3.